The molecule has 26 heavy (non-hydrogen) atoms. The van der Waals surface area contributed by atoms with E-state index in [1.807, 2.05) is 6.08 Å². The van der Waals surface area contributed by atoms with Crippen molar-refractivity contribution >= 4 is 11.6 Å². The van der Waals surface area contributed by atoms with Crippen molar-refractivity contribution in [3.8, 4) is 0 Å². The molecule has 0 aromatic heterocycles. The molecular formula is C22H30O4. The molecule has 0 aliphatic heterocycles. The van der Waals surface area contributed by atoms with Gasteiger partial charge < -0.3 is 10.2 Å². The van der Waals surface area contributed by atoms with Gasteiger partial charge >= 0.3 is 0 Å². The number of Topliss-reactive ketones (excluding diaryl/α,β-unsaturated/α-hetero) is 1. The molecular weight excluding hydrogens is 328 g/mol. The van der Waals surface area contributed by atoms with Crippen molar-refractivity contribution < 1.29 is 19.8 Å². The maximum atomic E-state index is 12.5. The zero-order chi connectivity index (χ0) is 18.9. The number of aliphatic hydroxyl groups is 2. The highest BCUT2D eigenvalue weighted by Crippen LogP contribution is 2.65. The zero-order valence-corrected chi connectivity index (χ0v) is 16.0. The van der Waals surface area contributed by atoms with Crippen molar-refractivity contribution in [2.75, 3.05) is 0 Å². The summed E-state index contributed by atoms with van der Waals surface area (Å²) >= 11 is 0. The molecule has 0 saturated heterocycles. The van der Waals surface area contributed by atoms with E-state index in [-0.39, 0.29) is 28.4 Å². The predicted octanol–water partition coefficient (Wildman–Crippen LogP) is 3.18. The Labute approximate surface area is 155 Å². The van der Waals surface area contributed by atoms with Crippen LogP contribution in [0.25, 0.3) is 0 Å². The monoisotopic (exact) mass is 358 g/mol. The van der Waals surface area contributed by atoms with Crippen LogP contribution in [0, 0.1) is 34.5 Å². The summed E-state index contributed by atoms with van der Waals surface area (Å²) in [7, 11) is 0. The topological polar surface area (TPSA) is 74.6 Å². The van der Waals surface area contributed by atoms with E-state index < -0.39 is 12.1 Å². The van der Waals surface area contributed by atoms with Crippen molar-refractivity contribution in [2.45, 2.75) is 65.6 Å². The Balaban J connectivity index is 1.73. The van der Waals surface area contributed by atoms with Crippen molar-refractivity contribution in [2.24, 2.45) is 34.5 Å². The van der Waals surface area contributed by atoms with Crippen LogP contribution >= 0.6 is 0 Å². The van der Waals surface area contributed by atoms with Crippen LogP contribution in [-0.2, 0) is 9.59 Å². The van der Waals surface area contributed by atoms with Gasteiger partial charge in [0.2, 0.25) is 6.29 Å². The summed E-state index contributed by atoms with van der Waals surface area (Å²) in [5.74, 6) is 0.577. The van der Waals surface area contributed by atoms with Crippen LogP contribution in [0.5, 0.6) is 0 Å². The first-order chi connectivity index (χ1) is 12.2. The summed E-state index contributed by atoms with van der Waals surface area (Å²) in [6, 6.07) is 0. The third kappa shape index (κ3) is 2.34. The van der Waals surface area contributed by atoms with E-state index in [4.69, 9.17) is 0 Å². The predicted molar refractivity (Wildman–Crippen MR) is 98.0 cm³/mol. The third-order valence-corrected chi connectivity index (χ3v) is 8.24. The minimum absolute atomic E-state index is 0.0000171. The summed E-state index contributed by atoms with van der Waals surface area (Å²) in [6.45, 7) is 6.56. The molecule has 0 aromatic carbocycles. The molecule has 0 spiro atoms. The number of fused-ring (bicyclic) bond motifs is 5. The maximum Gasteiger partial charge on any atom is 0.213 e. The minimum Gasteiger partial charge on any atom is -0.362 e. The molecule has 4 aliphatic carbocycles. The minimum atomic E-state index is -1.87. The highest BCUT2D eigenvalue weighted by Gasteiger charge is 2.60. The number of aliphatic hydroxyl groups excluding tert-OH is 1. The molecule has 4 rings (SSSR count). The van der Waals surface area contributed by atoms with Gasteiger partial charge in [-0.2, -0.15) is 0 Å². The van der Waals surface area contributed by atoms with E-state index in [0.717, 1.165) is 32.1 Å². The molecule has 0 bridgehead atoms. The highest BCUT2D eigenvalue weighted by atomic mass is 16.5. The maximum absolute atomic E-state index is 12.5. The Hall–Kier alpha value is -1.26. The van der Waals surface area contributed by atoms with E-state index in [2.05, 4.69) is 26.8 Å². The highest BCUT2D eigenvalue weighted by molar-refractivity contribution is 5.92. The van der Waals surface area contributed by atoms with Crippen LogP contribution in [0.2, 0.25) is 0 Å². The van der Waals surface area contributed by atoms with Crippen LogP contribution < -0.4 is 0 Å². The standard InChI is InChI=1S/C22H30O4/c1-12-10-17-15-5-4-13-11-14(23)6-8-21(13,2)16(15)7-9-22(17,3)18(12)19(24)20(25)26/h7,11-12,15,17-18,20,25-26H,4-6,8-10H2,1-3H3/t12-,15-,17+,18-,21+,22+/m1/s1. The van der Waals surface area contributed by atoms with E-state index in [1.54, 1.807) is 0 Å². The lowest BCUT2D eigenvalue weighted by Crippen LogP contribution is -2.47. The summed E-state index contributed by atoms with van der Waals surface area (Å²) in [6.07, 6.45) is 7.67. The van der Waals surface area contributed by atoms with Gasteiger partial charge in [-0.05, 0) is 61.3 Å². The molecule has 0 radical (unpaired) electrons. The van der Waals surface area contributed by atoms with Crippen LogP contribution in [0.4, 0.5) is 0 Å². The molecule has 2 N–H and O–H groups in total. The lowest BCUT2D eigenvalue weighted by molar-refractivity contribution is -0.155. The van der Waals surface area contributed by atoms with Crippen LogP contribution in [0.15, 0.2) is 23.3 Å². The van der Waals surface area contributed by atoms with Crippen molar-refractivity contribution in [1.82, 2.24) is 0 Å². The number of carbonyl (C=O) groups is 2. The summed E-state index contributed by atoms with van der Waals surface area (Å²) < 4.78 is 0. The second-order valence-electron chi connectivity index (χ2n) is 9.56. The fraction of sp³-hybridized carbons (Fsp3) is 0.727. The summed E-state index contributed by atoms with van der Waals surface area (Å²) in [5, 5.41) is 19.0. The van der Waals surface area contributed by atoms with E-state index >= 15 is 0 Å². The van der Waals surface area contributed by atoms with E-state index in [0.29, 0.717) is 18.3 Å². The Morgan fingerprint density at radius 1 is 1.27 bits per heavy atom. The zero-order valence-electron chi connectivity index (χ0n) is 16.0. The van der Waals surface area contributed by atoms with Gasteiger partial charge in [0, 0.05) is 17.8 Å². The van der Waals surface area contributed by atoms with Crippen LogP contribution in [-0.4, -0.2) is 28.1 Å². The average molecular weight is 358 g/mol. The first-order valence-corrected chi connectivity index (χ1v) is 10.0. The van der Waals surface area contributed by atoms with Gasteiger partial charge in [0.05, 0.1) is 0 Å². The number of rotatable bonds is 2. The molecule has 4 nitrogen and oxygen atoms in total. The van der Waals surface area contributed by atoms with Gasteiger partial charge in [0.25, 0.3) is 0 Å². The lowest BCUT2D eigenvalue weighted by Gasteiger charge is -2.53. The molecule has 2 saturated carbocycles. The smallest absolute Gasteiger partial charge is 0.213 e. The molecule has 142 valence electrons. The van der Waals surface area contributed by atoms with Crippen LogP contribution in [0.1, 0.15) is 59.3 Å². The van der Waals surface area contributed by atoms with Gasteiger partial charge in [-0.15, -0.1) is 0 Å². The molecule has 0 heterocycles. The molecule has 0 unspecified atom stereocenters. The Morgan fingerprint density at radius 2 is 2.00 bits per heavy atom. The normalized spacial score (nSPS) is 44.8. The number of carbonyl (C=O) groups excluding carboxylic acids is 2. The van der Waals surface area contributed by atoms with Crippen molar-refractivity contribution in [1.29, 1.82) is 0 Å². The second-order valence-corrected chi connectivity index (χ2v) is 9.56. The van der Waals surface area contributed by atoms with Gasteiger partial charge in [-0.1, -0.05) is 38.0 Å². The summed E-state index contributed by atoms with van der Waals surface area (Å²) in [4.78, 5) is 24.4. The molecule has 4 aliphatic rings. The first-order valence-electron chi connectivity index (χ1n) is 10.0. The molecule has 0 amide bonds. The fourth-order valence-corrected chi connectivity index (χ4v) is 6.99. The van der Waals surface area contributed by atoms with E-state index in [1.165, 1.54) is 11.1 Å². The van der Waals surface area contributed by atoms with Crippen molar-refractivity contribution in [3.63, 3.8) is 0 Å². The molecule has 4 heteroatoms. The molecule has 2 fully saturated rings. The fourth-order valence-electron chi connectivity index (χ4n) is 6.99. The second kappa shape index (κ2) is 5.87. The van der Waals surface area contributed by atoms with Gasteiger partial charge in [0.15, 0.2) is 11.6 Å². The largest absolute Gasteiger partial charge is 0.362 e. The third-order valence-electron chi connectivity index (χ3n) is 8.24. The Kier molecular flexibility index (Phi) is 4.09. The van der Waals surface area contributed by atoms with Crippen LogP contribution in [0.3, 0.4) is 0 Å². The Morgan fingerprint density at radius 3 is 2.69 bits per heavy atom. The van der Waals surface area contributed by atoms with E-state index in [9.17, 15) is 19.8 Å². The SMILES string of the molecule is C[C@@H]1C[C@H]2[C@@H]3CCC4=CC(=O)CC[C@]4(C)C3=CC[C@]2(C)[C@H]1C(=O)C(O)O. The summed E-state index contributed by atoms with van der Waals surface area (Å²) in [5.41, 5.74) is 2.58. The van der Waals surface area contributed by atoms with Gasteiger partial charge in [0.1, 0.15) is 0 Å². The lowest BCUT2D eigenvalue weighted by atomic mass is 9.51. The number of hydrogen-bond acceptors (Lipinski definition) is 4. The molecule has 0 aromatic rings. The van der Waals surface area contributed by atoms with Crippen molar-refractivity contribution in [3.05, 3.63) is 23.3 Å². The average Bonchev–Trinajstić information content (AvgIpc) is 2.85. The first kappa shape index (κ1) is 18.1. The van der Waals surface area contributed by atoms with Gasteiger partial charge in [-0.3, -0.25) is 9.59 Å². The quantitative estimate of drug-likeness (QED) is 0.587. The number of allylic oxidation sites excluding steroid dienone is 4. The number of ketones is 2. The number of hydrogen-bond donors (Lipinski definition) is 2. The van der Waals surface area contributed by atoms with Gasteiger partial charge in [-0.25, -0.2) is 0 Å². The Bertz CT molecular complexity index is 718. The molecule has 6 atom stereocenters.